The van der Waals surface area contributed by atoms with Gasteiger partial charge in [0.05, 0.1) is 11.3 Å². The van der Waals surface area contributed by atoms with Gasteiger partial charge in [0, 0.05) is 17.0 Å². The molecule has 0 fully saturated rings. The summed E-state index contributed by atoms with van der Waals surface area (Å²) in [7, 11) is 0. The van der Waals surface area contributed by atoms with Gasteiger partial charge in [-0.1, -0.05) is 17.7 Å². The minimum absolute atomic E-state index is 0.0361. The van der Waals surface area contributed by atoms with Crippen LogP contribution < -0.4 is 5.32 Å². The fourth-order valence-electron chi connectivity index (χ4n) is 2.69. The molecule has 0 aliphatic carbocycles. The second-order valence-corrected chi connectivity index (χ2v) is 7.60. The summed E-state index contributed by atoms with van der Waals surface area (Å²) in [5.74, 6) is -1.04. The number of thiophene rings is 1. The van der Waals surface area contributed by atoms with Crippen LogP contribution in [0.15, 0.2) is 24.3 Å². The van der Waals surface area contributed by atoms with E-state index >= 15 is 0 Å². The minimum Gasteiger partial charge on any atom is -0.456 e. The summed E-state index contributed by atoms with van der Waals surface area (Å²) >= 11 is 1.40. The van der Waals surface area contributed by atoms with Crippen LogP contribution in [0.25, 0.3) is 0 Å². The Morgan fingerprint density at radius 2 is 1.65 bits per heavy atom. The maximum absolute atomic E-state index is 12.0. The predicted molar refractivity (Wildman–Crippen MR) is 103 cm³/mol. The lowest BCUT2D eigenvalue weighted by Crippen LogP contribution is -2.22. The number of carbonyl (C=O) groups is 3. The molecule has 26 heavy (non-hydrogen) atoms. The van der Waals surface area contributed by atoms with Crippen LogP contribution in [-0.2, 0) is 14.3 Å². The van der Waals surface area contributed by atoms with Crippen molar-refractivity contribution in [1.29, 1.82) is 0 Å². The average molecular weight is 373 g/mol. The second kappa shape index (κ2) is 8.76. The average Bonchev–Trinajstić information content (AvgIpc) is 3.00. The zero-order chi connectivity index (χ0) is 19.3. The summed E-state index contributed by atoms with van der Waals surface area (Å²) in [6, 6.07) is 7.59. The first-order chi connectivity index (χ1) is 12.3. The highest BCUT2D eigenvalue weighted by Crippen LogP contribution is 2.22. The standard InChI is InChI=1S/C20H23NO4S/c1-12-9-13(2)20(14(3)10-12)21-18(23)11-25-19(24)8-6-16(22)17-7-5-15(4)26-17/h5,7,9-10H,6,8,11H2,1-4H3,(H,21,23). The number of amides is 1. The van der Waals surface area contributed by atoms with Gasteiger partial charge in [0.2, 0.25) is 0 Å². The quantitative estimate of drug-likeness (QED) is 0.585. The maximum Gasteiger partial charge on any atom is 0.306 e. The molecule has 0 unspecified atom stereocenters. The Morgan fingerprint density at radius 3 is 2.23 bits per heavy atom. The van der Waals surface area contributed by atoms with E-state index in [1.165, 1.54) is 11.3 Å². The summed E-state index contributed by atoms with van der Waals surface area (Å²) in [6.07, 6.45) is 0.0439. The molecule has 0 aliphatic rings. The summed E-state index contributed by atoms with van der Waals surface area (Å²) in [4.78, 5) is 37.4. The van der Waals surface area contributed by atoms with Crippen LogP contribution in [0.5, 0.6) is 0 Å². The van der Waals surface area contributed by atoms with Crippen LogP contribution >= 0.6 is 11.3 Å². The fourth-order valence-corrected chi connectivity index (χ4v) is 3.53. The summed E-state index contributed by atoms with van der Waals surface area (Å²) in [6.45, 7) is 7.38. The molecule has 1 N–H and O–H groups in total. The zero-order valence-corrected chi connectivity index (χ0v) is 16.3. The number of hydrogen-bond acceptors (Lipinski definition) is 5. The van der Waals surface area contributed by atoms with Gasteiger partial charge in [0.1, 0.15) is 0 Å². The van der Waals surface area contributed by atoms with Gasteiger partial charge >= 0.3 is 5.97 Å². The Labute approximate surface area is 157 Å². The van der Waals surface area contributed by atoms with Crippen molar-refractivity contribution in [3.63, 3.8) is 0 Å². The number of ketones is 1. The van der Waals surface area contributed by atoms with E-state index in [1.54, 1.807) is 6.07 Å². The molecule has 2 rings (SSSR count). The number of nitrogens with one attached hydrogen (secondary N) is 1. The molecule has 138 valence electrons. The number of Topliss-reactive ketones (excluding diaryl/α,β-unsaturated/α-hetero) is 1. The summed E-state index contributed by atoms with van der Waals surface area (Å²) in [5.41, 5.74) is 3.77. The second-order valence-electron chi connectivity index (χ2n) is 6.32. The number of rotatable bonds is 7. The van der Waals surface area contributed by atoms with Crippen molar-refractivity contribution in [3.8, 4) is 0 Å². The number of benzene rings is 1. The van der Waals surface area contributed by atoms with Gasteiger partial charge in [-0.25, -0.2) is 0 Å². The first-order valence-electron chi connectivity index (χ1n) is 8.39. The first-order valence-corrected chi connectivity index (χ1v) is 9.21. The van der Waals surface area contributed by atoms with E-state index in [1.807, 2.05) is 45.9 Å². The molecule has 0 saturated heterocycles. The third-order valence-electron chi connectivity index (χ3n) is 3.88. The van der Waals surface area contributed by atoms with Crippen LogP contribution in [0.2, 0.25) is 0 Å². The topological polar surface area (TPSA) is 72.5 Å². The summed E-state index contributed by atoms with van der Waals surface area (Å²) in [5, 5.41) is 2.77. The van der Waals surface area contributed by atoms with Crippen molar-refractivity contribution < 1.29 is 19.1 Å². The maximum atomic E-state index is 12.0. The highest BCUT2D eigenvalue weighted by Gasteiger charge is 2.14. The van der Waals surface area contributed by atoms with Gasteiger partial charge in [0.25, 0.3) is 5.91 Å². The van der Waals surface area contributed by atoms with Crippen LogP contribution in [0.3, 0.4) is 0 Å². The highest BCUT2D eigenvalue weighted by molar-refractivity contribution is 7.14. The van der Waals surface area contributed by atoms with E-state index in [2.05, 4.69) is 5.32 Å². The highest BCUT2D eigenvalue weighted by atomic mass is 32.1. The lowest BCUT2D eigenvalue weighted by Gasteiger charge is -2.13. The molecule has 0 bridgehead atoms. The van der Waals surface area contributed by atoms with Crippen molar-refractivity contribution in [2.45, 2.75) is 40.5 Å². The van der Waals surface area contributed by atoms with Crippen LogP contribution in [0.4, 0.5) is 5.69 Å². The molecule has 0 aliphatic heterocycles. The van der Waals surface area contributed by atoms with Gasteiger partial charge in [-0.3, -0.25) is 14.4 Å². The zero-order valence-electron chi connectivity index (χ0n) is 15.5. The van der Waals surface area contributed by atoms with E-state index in [0.717, 1.165) is 27.3 Å². The fraction of sp³-hybridized carbons (Fsp3) is 0.350. The van der Waals surface area contributed by atoms with E-state index < -0.39 is 11.9 Å². The molecule has 6 heteroatoms. The van der Waals surface area contributed by atoms with Crippen molar-refractivity contribution in [2.24, 2.45) is 0 Å². The molecule has 0 radical (unpaired) electrons. The Bertz CT molecular complexity index is 815. The molecular weight excluding hydrogens is 350 g/mol. The molecule has 0 atom stereocenters. The third kappa shape index (κ3) is 5.52. The van der Waals surface area contributed by atoms with Gasteiger partial charge in [-0.15, -0.1) is 11.3 Å². The monoisotopic (exact) mass is 373 g/mol. The minimum atomic E-state index is -0.556. The predicted octanol–water partition coefficient (Wildman–Crippen LogP) is 4.13. The van der Waals surface area contributed by atoms with Crippen LogP contribution in [0, 0.1) is 27.7 Å². The molecule has 1 heterocycles. The Morgan fingerprint density at radius 1 is 1.00 bits per heavy atom. The van der Waals surface area contributed by atoms with E-state index in [-0.39, 0.29) is 25.2 Å². The van der Waals surface area contributed by atoms with Crippen molar-refractivity contribution >= 4 is 34.7 Å². The molecule has 5 nitrogen and oxygen atoms in total. The van der Waals surface area contributed by atoms with Gasteiger partial charge in [-0.2, -0.15) is 0 Å². The smallest absolute Gasteiger partial charge is 0.306 e. The lowest BCUT2D eigenvalue weighted by atomic mass is 10.1. The largest absolute Gasteiger partial charge is 0.456 e. The molecule has 1 aromatic heterocycles. The first kappa shape index (κ1) is 19.8. The van der Waals surface area contributed by atoms with Gasteiger partial charge in [-0.05, 0) is 51.0 Å². The third-order valence-corrected chi connectivity index (χ3v) is 4.92. The van der Waals surface area contributed by atoms with E-state index in [0.29, 0.717) is 4.88 Å². The Kier molecular flexibility index (Phi) is 6.69. The number of aryl methyl sites for hydroxylation is 4. The molecule has 1 aromatic carbocycles. The molecule has 2 aromatic rings. The van der Waals surface area contributed by atoms with Crippen LogP contribution in [0.1, 0.15) is 44.1 Å². The number of hydrogen-bond donors (Lipinski definition) is 1. The van der Waals surface area contributed by atoms with Gasteiger partial charge in [0.15, 0.2) is 12.4 Å². The molecule has 0 saturated carbocycles. The number of esters is 1. The van der Waals surface area contributed by atoms with Crippen molar-refractivity contribution in [2.75, 3.05) is 11.9 Å². The van der Waals surface area contributed by atoms with Gasteiger partial charge < -0.3 is 10.1 Å². The molecule has 0 spiro atoms. The lowest BCUT2D eigenvalue weighted by molar-refractivity contribution is -0.147. The van der Waals surface area contributed by atoms with Crippen molar-refractivity contribution in [1.82, 2.24) is 0 Å². The molecule has 1 amide bonds. The van der Waals surface area contributed by atoms with Crippen LogP contribution in [-0.4, -0.2) is 24.3 Å². The normalized spacial score (nSPS) is 10.5. The van der Waals surface area contributed by atoms with Crippen molar-refractivity contribution in [3.05, 3.63) is 50.7 Å². The van der Waals surface area contributed by atoms with E-state index in [4.69, 9.17) is 4.74 Å². The Balaban J connectivity index is 1.78. The SMILES string of the molecule is Cc1cc(C)c(NC(=O)COC(=O)CCC(=O)c2ccc(C)s2)c(C)c1. The molecular formula is C20H23NO4S. The summed E-state index contributed by atoms with van der Waals surface area (Å²) < 4.78 is 4.97. The Hall–Kier alpha value is -2.47. The number of anilines is 1. The van der Waals surface area contributed by atoms with E-state index in [9.17, 15) is 14.4 Å². The number of carbonyl (C=O) groups excluding carboxylic acids is 3. The number of ether oxygens (including phenoxy) is 1.